The van der Waals surface area contributed by atoms with Crippen molar-refractivity contribution in [2.24, 2.45) is 5.92 Å². The number of hydrogen-bond acceptors (Lipinski definition) is 3. The Labute approximate surface area is 121 Å². The van der Waals surface area contributed by atoms with Gasteiger partial charge >= 0.3 is 0 Å². The van der Waals surface area contributed by atoms with Crippen LogP contribution in [-0.2, 0) is 11.3 Å². The fraction of sp³-hybridized carbons (Fsp3) is 0.647. The van der Waals surface area contributed by atoms with E-state index >= 15 is 0 Å². The van der Waals surface area contributed by atoms with Crippen LogP contribution in [0.25, 0.3) is 0 Å². The summed E-state index contributed by atoms with van der Waals surface area (Å²) in [5, 5.41) is 3.57. The zero-order chi connectivity index (χ0) is 13.9. The molecular formula is C17H25NO2. The lowest BCUT2D eigenvalue weighted by atomic mass is 10.1. The van der Waals surface area contributed by atoms with Crippen LogP contribution >= 0.6 is 0 Å². The molecule has 1 aliphatic carbocycles. The van der Waals surface area contributed by atoms with Crippen LogP contribution in [0.2, 0.25) is 0 Å². The second kappa shape index (κ2) is 6.15. The number of hydrogen-bond donors (Lipinski definition) is 1. The first-order chi connectivity index (χ1) is 9.72. The van der Waals surface area contributed by atoms with Crippen molar-refractivity contribution in [3.05, 3.63) is 28.8 Å². The van der Waals surface area contributed by atoms with Gasteiger partial charge in [0.15, 0.2) is 0 Å². The topological polar surface area (TPSA) is 30.5 Å². The monoisotopic (exact) mass is 275 g/mol. The zero-order valence-corrected chi connectivity index (χ0v) is 12.6. The molecule has 1 N–H and O–H groups in total. The zero-order valence-electron chi connectivity index (χ0n) is 12.6. The van der Waals surface area contributed by atoms with Gasteiger partial charge in [0, 0.05) is 25.1 Å². The van der Waals surface area contributed by atoms with E-state index in [1.54, 1.807) is 0 Å². The predicted molar refractivity (Wildman–Crippen MR) is 80.2 cm³/mol. The normalized spacial score (nSPS) is 22.2. The predicted octanol–water partition coefficient (Wildman–Crippen LogP) is 2.97. The van der Waals surface area contributed by atoms with Gasteiger partial charge in [-0.3, -0.25) is 0 Å². The third kappa shape index (κ3) is 3.53. The first-order valence-electron chi connectivity index (χ1n) is 7.76. The maximum Gasteiger partial charge on any atom is 0.125 e. The number of rotatable bonds is 6. The fourth-order valence-corrected chi connectivity index (χ4v) is 2.84. The summed E-state index contributed by atoms with van der Waals surface area (Å²) in [4.78, 5) is 0. The van der Waals surface area contributed by atoms with Crippen LogP contribution in [-0.4, -0.2) is 25.9 Å². The Hall–Kier alpha value is -1.06. The van der Waals surface area contributed by atoms with Crippen molar-refractivity contribution < 1.29 is 9.47 Å². The van der Waals surface area contributed by atoms with Gasteiger partial charge in [0.25, 0.3) is 0 Å². The maximum absolute atomic E-state index is 6.04. The van der Waals surface area contributed by atoms with Crippen molar-refractivity contribution >= 4 is 0 Å². The van der Waals surface area contributed by atoms with Gasteiger partial charge in [-0.2, -0.15) is 0 Å². The van der Waals surface area contributed by atoms with Crippen LogP contribution in [0.15, 0.2) is 12.1 Å². The van der Waals surface area contributed by atoms with E-state index in [1.165, 1.54) is 29.5 Å². The second-order valence-corrected chi connectivity index (χ2v) is 6.25. The molecule has 1 aliphatic heterocycles. The number of ether oxygens (including phenoxy) is 2. The highest BCUT2D eigenvalue weighted by atomic mass is 16.5. The first kappa shape index (κ1) is 13.9. The third-order valence-electron chi connectivity index (χ3n) is 4.18. The van der Waals surface area contributed by atoms with Gasteiger partial charge < -0.3 is 14.8 Å². The molecule has 3 rings (SSSR count). The Bertz CT molecular complexity index is 439. The number of nitrogens with one attached hydrogen (secondary N) is 1. The van der Waals surface area contributed by atoms with Crippen LogP contribution in [0.4, 0.5) is 0 Å². The van der Waals surface area contributed by atoms with E-state index in [9.17, 15) is 0 Å². The van der Waals surface area contributed by atoms with Crippen molar-refractivity contribution in [2.45, 2.75) is 45.7 Å². The molecule has 1 aromatic carbocycles. The lowest BCUT2D eigenvalue weighted by Crippen LogP contribution is -2.16. The summed E-state index contributed by atoms with van der Waals surface area (Å²) in [7, 11) is 0. The van der Waals surface area contributed by atoms with E-state index in [2.05, 4.69) is 31.3 Å². The van der Waals surface area contributed by atoms with Crippen molar-refractivity contribution in [1.82, 2.24) is 5.32 Å². The van der Waals surface area contributed by atoms with E-state index in [1.807, 2.05) is 0 Å². The number of benzene rings is 1. The largest absolute Gasteiger partial charge is 0.493 e. The smallest absolute Gasteiger partial charge is 0.125 e. The number of aryl methyl sites for hydroxylation is 2. The van der Waals surface area contributed by atoms with Crippen molar-refractivity contribution in [3.8, 4) is 5.75 Å². The summed E-state index contributed by atoms with van der Waals surface area (Å²) in [6.07, 6.45) is 3.80. The molecule has 0 spiro atoms. The standard InChI is InChI=1S/C17H25NO2/c1-12-7-15(9-18-16-3-4-16)8-13(2)17(12)20-11-14-5-6-19-10-14/h7-8,14,16,18H,3-6,9-11H2,1-2H3. The van der Waals surface area contributed by atoms with E-state index < -0.39 is 0 Å². The van der Waals surface area contributed by atoms with Crippen LogP contribution in [0.3, 0.4) is 0 Å². The second-order valence-electron chi connectivity index (χ2n) is 6.25. The van der Waals surface area contributed by atoms with Gasteiger partial charge in [0.1, 0.15) is 5.75 Å². The SMILES string of the molecule is Cc1cc(CNC2CC2)cc(C)c1OCC1CCOC1. The van der Waals surface area contributed by atoms with Gasteiger partial charge in [-0.25, -0.2) is 0 Å². The molecule has 1 unspecified atom stereocenters. The first-order valence-corrected chi connectivity index (χ1v) is 7.76. The van der Waals surface area contributed by atoms with Gasteiger partial charge in [0.05, 0.1) is 13.2 Å². The average Bonchev–Trinajstić information content (AvgIpc) is 3.10. The summed E-state index contributed by atoms with van der Waals surface area (Å²) < 4.78 is 11.4. The highest BCUT2D eigenvalue weighted by Crippen LogP contribution is 2.27. The Morgan fingerprint density at radius 2 is 1.95 bits per heavy atom. The summed E-state index contributed by atoms with van der Waals surface area (Å²) in [5.74, 6) is 1.62. The Morgan fingerprint density at radius 1 is 1.20 bits per heavy atom. The summed E-state index contributed by atoms with van der Waals surface area (Å²) in [6, 6.07) is 5.26. The van der Waals surface area contributed by atoms with E-state index in [4.69, 9.17) is 9.47 Å². The quantitative estimate of drug-likeness (QED) is 0.866. The average molecular weight is 275 g/mol. The molecule has 2 fully saturated rings. The molecule has 20 heavy (non-hydrogen) atoms. The molecule has 1 saturated heterocycles. The van der Waals surface area contributed by atoms with Crippen molar-refractivity contribution in [2.75, 3.05) is 19.8 Å². The molecule has 1 saturated carbocycles. The molecule has 0 aromatic heterocycles. The fourth-order valence-electron chi connectivity index (χ4n) is 2.84. The van der Waals surface area contributed by atoms with Crippen LogP contribution < -0.4 is 10.1 Å². The lowest BCUT2D eigenvalue weighted by Gasteiger charge is -2.16. The van der Waals surface area contributed by atoms with Crippen molar-refractivity contribution in [1.29, 1.82) is 0 Å². The molecule has 2 aliphatic rings. The van der Waals surface area contributed by atoms with E-state index in [-0.39, 0.29) is 0 Å². The van der Waals surface area contributed by atoms with Crippen LogP contribution in [0.5, 0.6) is 5.75 Å². The lowest BCUT2D eigenvalue weighted by molar-refractivity contribution is 0.166. The molecule has 3 heteroatoms. The minimum Gasteiger partial charge on any atom is -0.493 e. The van der Waals surface area contributed by atoms with E-state index in [0.717, 1.165) is 44.6 Å². The molecule has 1 heterocycles. The molecular weight excluding hydrogens is 250 g/mol. The molecule has 0 amide bonds. The molecule has 1 aromatic rings. The van der Waals surface area contributed by atoms with Crippen LogP contribution in [0.1, 0.15) is 36.0 Å². The minimum atomic E-state index is 0.560. The van der Waals surface area contributed by atoms with Gasteiger partial charge in [-0.15, -0.1) is 0 Å². The molecule has 1 atom stereocenters. The van der Waals surface area contributed by atoms with Gasteiger partial charge in [-0.1, -0.05) is 12.1 Å². The molecule has 110 valence electrons. The highest BCUT2D eigenvalue weighted by molar-refractivity contribution is 5.43. The summed E-state index contributed by atoms with van der Waals surface area (Å²) in [6.45, 7) is 7.78. The summed E-state index contributed by atoms with van der Waals surface area (Å²) >= 11 is 0. The van der Waals surface area contributed by atoms with Gasteiger partial charge in [0.2, 0.25) is 0 Å². The van der Waals surface area contributed by atoms with Gasteiger partial charge in [-0.05, 0) is 49.8 Å². The maximum atomic E-state index is 6.04. The molecule has 0 bridgehead atoms. The van der Waals surface area contributed by atoms with Crippen LogP contribution in [0, 0.1) is 19.8 Å². The Morgan fingerprint density at radius 3 is 2.55 bits per heavy atom. The molecule has 3 nitrogen and oxygen atoms in total. The Kier molecular flexibility index (Phi) is 4.27. The summed E-state index contributed by atoms with van der Waals surface area (Å²) in [5.41, 5.74) is 3.86. The third-order valence-corrected chi connectivity index (χ3v) is 4.18. The Balaban J connectivity index is 1.60. The van der Waals surface area contributed by atoms with E-state index in [0.29, 0.717) is 5.92 Å². The molecule has 0 radical (unpaired) electrons. The van der Waals surface area contributed by atoms with Crippen molar-refractivity contribution in [3.63, 3.8) is 0 Å². The minimum absolute atomic E-state index is 0.560. The highest BCUT2D eigenvalue weighted by Gasteiger charge is 2.20.